The van der Waals surface area contributed by atoms with Crippen LogP contribution in [0.3, 0.4) is 0 Å². The quantitative estimate of drug-likeness (QED) is 0.786. The van der Waals surface area contributed by atoms with E-state index in [4.69, 9.17) is 17.3 Å². The normalized spacial score (nSPS) is 18.6. The van der Waals surface area contributed by atoms with Gasteiger partial charge >= 0.3 is 0 Å². The van der Waals surface area contributed by atoms with Gasteiger partial charge in [-0.2, -0.15) is 0 Å². The number of nitrogen functional groups attached to an aromatic ring is 1. The summed E-state index contributed by atoms with van der Waals surface area (Å²) >= 11 is 6.07. The summed E-state index contributed by atoms with van der Waals surface area (Å²) < 4.78 is 0. The first-order valence-electron chi connectivity index (χ1n) is 6.41. The van der Waals surface area contributed by atoms with E-state index in [0.29, 0.717) is 23.1 Å². The van der Waals surface area contributed by atoms with Crippen molar-refractivity contribution < 1.29 is 5.11 Å². The molecule has 1 fully saturated rings. The summed E-state index contributed by atoms with van der Waals surface area (Å²) in [6.45, 7) is 0.923. The number of aromatic nitrogens is 1. The molecule has 18 heavy (non-hydrogen) atoms. The maximum Gasteiger partial charge on any atom is 0.144 e. The maximum atomic E-state index is 9.62. The second-order valence-corrected chi connectivity index (χ2v) is 5.58. The number of anilines is 2. The van der Waals surface area contributed by atoms with E-state index in [1.807, 2.05) is 0 Å². The van der Waals surface area contributed by atoms with Crippen molar-refractivity contribution >= 4 is 23.1 Å². The number of nitrogens with one attached hydrogen (secondary N) is 1. The topological polar surface area (TPSA) is 71.2 Å². The van der Waals surface area contributed by atoms with Crippen molar-refractivity contribution in [1.82, 2.24) is 4.98 Å². The van der Waals surface area contributed by atoms with E-state index in [9.17, 15) is 5.11 Å². The Hall–Kier alpha value is -1.00. The fourth-order valence-electron chi connectivity index (χ4n) is 2.55. The fraction of sp³-hybridized carbons (Fsp3) is 0.615. The monoisotopic (exact) mass is 269 g/mol. The third kappa shape index (κ3) is 3.06. The molecule has 5 heteroatoms. The number of hydrogen-bond donors (Lipinski definition) is 3. The third-order valence-electron chi connectivity index (χ3n) is 3.74. The molecule has 0 atom stereocenters. The molecular formula is C13H20ClN3O. The highest BCUT2D eigenvalue weighted by Crippen LogP contribution is 2.36. The van der Waals surface area contributed by atoms with Crippen LogP contribution >= 0.6 is 11.6 Å². The van der Waals surface area contributed by atoms with Crippen molar-refractivity contribution in [3.63, 3.8) is 0 Å². The number of aliphatic hydroxyl groups is 1. The van der Waals surface area contributed by atoms with Crippen LogP contribution in [-0.4, -0.2) is 23.2 Å². The van der Waals surface area contributed by atoms with Crippen LogP contribution in [0.2, 0.25) is 5.02 Å². The van der Waals surface area contributed by atoms with E-state index in [-0.39, 0.29) is 12.0 Å². The average molecular weight is 270 g/mol. The van der Waals surface area contributed by atoms with E-state index in [1.165, 1.54) is 19.3 Å². The Bertz CT molecular complexity index is 405. The van der Waals surface area contributed by atoms with Gasteiger partial charge in [0.1, 0.15) is 5.82 Å². The molecule has 0 amide bonds. The molecule has 100 valence electrons. The fourth-order valence-corrected chi connectivity index (χ4v) is 2.79. The van der Waals surface area contributed by atoms with Gasteiger partial charge in [0.2, 0.25) is 0 Å². The zero-order valence-corrected chi connectivity index (χ0v) is 11.2. The molecule has 1 heterocycles. The van der Waals surface area contributed by atoms with Crippen LogP contribution in [0.25, 0.3) is 0 Å². The first-order valence-corrected chi connectivity index (χ1v) is 6.79. The predicted molar refractivity (Wildman–Crippen MR) is 74.8 cm³/mol. The van der Waals surface area contributed by atoms with Crippen LogP contribution in [0.5, 0.6) is 0 Å². The largest absolute Gasteiger partial charge is 0.397 e. The van der Waals surface area contributed by atoms with Crippen LogP contribution in [0.1, 0.15) is 32.1 Å². The summed E-state index contributed by atoms with van der Waals surface area (Å²) in [6.07, 6.45) is 7.34. The van der Waals surface area contributed by atoms with Crippen molar-refractivity contribution in [3.8, 4) is 0 Å². The number of aliphatic hydroxyl groups excluding tert-OH is 1. The molecule has 0 radical (unpaired) electrons. The SMILES string of the molecule is Nc1cnc(NCC2(CO)CCCCC2)c(Cl)c1. The second-order valence-electron chi connectivity index (χ2n) is 5.17. The molecule has 2 rings (SSSR count). The van der Waals surface area contributed by atoms with Crippen LogP contribution in [0.4, 0.5) is 11.5 Å². The average Bonchev–Trinajstić information content (AvgIpc) is 2.39. The number of pyridine rings is 1. The maximum absolute atomic E-state index is 9.62. The molecule has 1 saturated carbocycles. The Morgan fingerprint density at radius 3 is 2.72 bits per heavy atom. The third-order valence-corrected chi connectivity index (χ3v) is 4.03. The van der Waals surface area contributed by atoms with Gasteiger partial charge in [0.25, 0.3) is 0 Å². The molecule has 0 aliphatic heterocycles. The van der Waals surface area contributed by atoms with Crippen molar-refractivity contribution in [2.75, 3.05) is 24.2 Å². The molecule has 4 nitrogen and oxygen atoms in total. The lowest BCUT2D eigenvalue weighted by Crippen LogP contribution is -2.35. The zero-order chi connectivity index (χ0) is 13.0. The highest BCUT2D eigenvalue weighted by molar-refractivity contribution is 6.33. The van der Waals surface area contributed by atoms with Gasteiger partial charge in [-0.05, 0) is 18.9 Å². The molecule has 0 bridgehead atoms. The van der Waals surface area contributed by atoms with Gasteiger partial charge in [0, 0.05) is 12.0 Å². The summed E-state index contributed by atoms with van der Waals surface area (Å²) in [5.74, 6) is 0.643. The van der Waals surface area contributed by atoms with Crippen LogP contribution < -0.4 is 11.1 Å². The Morgan fingerprint density at radius 1 is 1.39 bits per heavy atom. The molecule has 0 saturated heterocycles. The van der Waals surface area contributed by atoms with Gasteiger partial charge in [-0.15, -0.1) is 0 Å². The predicted octanol–water partition coefficient (Wildman–Crippen LogP) is 2.67. The minimum atomic E-state index is -0.0232. The summed E-state index contributed by atoms with van der Waals surface area (Å²) in [6, 6.07) is 1.68. The van der Waals surface area contributed by atoms with Gasteiger partial charge in [-0.25, -0.2) is 4.98 Å². The zero-order valence-electron chi connectivity index (χ0n) is 10.5. The molecule has 4 N–H and O–H groups in total. The minimum Gasteiger partial charge on any atom is -0.397 e. The van der Waals surface area contributed by atoms with Gasteiger partial charge < -0.3 is 16.2 Å². The van der Waals surface area contributed by atoms with E-state index in [1.54, 1.807) is 12.3 Å². The van der Waals surface area contributed by atoms with Gasteiger partial charge in [0.05, 0.1) is 23.5 Å². The molecule has 1 aromatic heterocycles. The number of hydrogen-bond acceptors (Lipinski definition) is 4. The van der Waals surface area contributed by atoms with E-state index in [0.717, 1.165) is 12.8 Å². The van der Waals surface area contributed by atoms with Crippen molar-refractivity contribution in [2.24, 2.45) is 5.41 Å². The highest BCUT2D eigenvalue weighted by atomic mass is 35.5. The summed E-state index contributed by atoms with van der Waals surface area (Å²) in [4.78, 5) is 4.18. The summed E-state index contributed by atoms with van der Waals surface area (Å²) in [5.41, 5.74) is 6.14. The number of halogens is 1. The van der Waals surface area contributed by atoms with Crippen molar-refractivity contribution in [1.29, 1.82) is 0 Å². The molecule has 0 spiro atoms. The second kappa shape index (κ2) is 5.76. The first-order chi connectivity index (χ1) is 8.65. The van der Waals surface area contributed by atoms with E-state index >= 15 is 0 Å². The molecule has 1 aromatic rings. The number of nitrogens with two attached hydrogens (primary N) is 1. The molecular weight excluding hydrogens is 250 g/mol. The lowest BCUT2D eigenvalue weighted by molar-refractivity contribution is 0.0943. The van der Waals surface area contributed by atoms with Gasteiger partial charge in [0.15, 0.2) is 0 Å². The Balaban J connectivity index is 2.01. The van der Waals surface area contributed by atoms with Crippen LogP contribution in [0.15, 0.2) is 12.3 Å². The van der Waals surface area contributed by atoms with Crippen LogP contribution in [-0.2, 0) is 0 Å². The van der Waals surface area contributed by atoms with Gasteiger partial charge in [-0.1, -0.05) is 30.9 Å². The Morgan fingerprint density at radius 2 is 2.11 bits per heavy atom. The van der Waals surface area contributed by atoms with Gasteiger partial charge in [-0.3, -0.25) is 0 Å². The molecule has 0 aromatic carbocycles. The number of nitrogens with zero attached hydrogens (tertiary/aromatic N) is 1. The summed E-state index contributed by atoms with van der Waals surface area (Å²) in [5, 5.41) is 13.4. The molecule has 0 unspecified atom stereocenters. The highest BCUT2D eigenvalue weighted by Gasteiger charge is 2.31. The van der Waals surface area contributed by atoms with Crippen molar-refractivity contribution in [2.45, 2.75) is 32.1 Å². The lowest BCUT2D eigenvalue weighted by Gasteiger charge is -2.35. The Labute approximate surface area is 113 Å². The summed E-state index contributed by atoms with van der Waals surface area (Å²) in [7, 11) is 0. The van der Waals surface area contributed by atoms with Crippen LogP contribution in [0, 0.1) is 5.41 Å². The number of rotatable bonds is 4. The smallest absolute Gasteiger partial charge is 0.144 e. The van der Waals surface area contributed by atoms with E-state index < -0.39 is 0 Å². The Kier molecular flexibility index (Phi) is 4.30. The molecule has 1 aliphatic rings. The first kappa shape index (κ1) is 13.4. The molecule has 1 aliphatic carbocycles. The standard InChI is InChI=1S/C13H20ClN3O/c14-11-6-10(15)7-16-12(11)17-8-13(9-18)4-2-1-3-5-13/h6-7,18H,1-5,8-9,15H2,(H,16,17). The van der Waals surface area contributed by atoms with E-state index in [2.05, 4.69) is 10.3 Å². The lowest BCUT2D eigenvalue weighted by atomic mass is 9.74. The van der Waals surface area contributed by atoms with Crippen molar-refractivity contribution in [3.05, 3.63) is 17.3 Å². The minimum absolute atomic E-state index is 0.0232.